The van der Waals surface area contributed by atoms with Gasteiger partial charge in [0.1, 0.15) is 0 Å². The second-order valence-corrected chi connectivity index (χ2v) is 8.98. The predicted molar refractivity (Wildman–Crippen MR) is 115 cm³/mol. The molecule has 26 heavy (non-hydrogen) atoms. The Balaban J connectivity index is 2.98. The van der Waals surface area contributed by atoms with Crippen LogP contribution >= 0.6 is 0 Å². The number of unbranched alkanes of at least 4 members (excludes halogenated alkanes) is 3. The molecule has 1 rings (SSSR count). The summed E-state index contributed by atoms with van der Waals surface area (Å²) in [5.41, 5.74) is 1.41. The zero-order valence-corrected chi connectivity index (χ0v) is 18.7. The van der Waals surface area contributed by atoms with Crippen molar-refractivity contribution in [2.45, 2.75) is 71.8 Å². The van der Waals surface area contributed by atoms with Gasteiger partial charge in [0.05, 0.1) is 19.8 Å². The van der Waals surface area contributed by atoms with Crippen molar-refractivity contribution in [2.24, 2.45) is 0 Å². The Morgan fingerprint density at radius 1 is 0.923 bits per heavy atom. The molecule has 0 aliphatic rings. The fraction of sp³-hybridized carbons (Fsp3) is 0.636. The first-order chi connectivity index (χ1) is 12.6. The van der Waals surface area contributed by atoms with E-state index in [9.17, 15) is 0 Å². The first-order valence-electron chi connectivity index (χ1n) is 10.2. The van der Waals surface area contributed by atoms with E-state index in [0.29, 0.717) is 19.8 Å². The molecule has 0 N–H and O–H groups in total. The Bertz CT molecular complexity index is 489. The van der Waals surface area contributed by atoms with E-state index in [1.54, 1.807) is 0 Å². The van der Waals surface area contributed by atoms with E-state index in [1.807, 2.05) is 6.92 Å². The number of hydrogen-bond acceptors (Lipinski definition) is 3. The molecule has 1 aromatic carbocycles. The first kappa shape index (κ1) is 23.1. The van der Waals surface area contributed by atoms with Crippen LogP contribution < -0.4 is 5.19 Å². The maximum atomic E-state index is 6.26. The zero-order valence-electron chi connectivity index (χ0n) is 17.3. The third-order valence-electron chi connectivity index (χ3n) is 4.30. The highest BCUT2D eigenvalue weighted by Crippen LogP contribution is 2.18. The minimum absolute atomic E-state index is 0.682. The minimum Gasteiger partial charge on any atom is -0.332 e. The van der Waals surface area contributed by atoms with Gasteiger partial charge in [-0.3, -0.25) is 0 Å². The fourth-order valence-corrected chi connectivity index (χ4v) is 4.41. The van der Waals surface area contributed by atoms with E-state index < -0.39 is 15.1 Å². The highest BCUT2D eigenvalue weighted by Gasteiger charge is 2.34. The molecule has 0 aliphatic heterocycles. The number of ether oxygens (including phenoxy) is 3. The maximum Gasteiger partial charge on any atom is 0.254 e. The van der Waals surface area contributed by atoms with Crippen molar-refractivity contribution in [3.8, 4) is 0 Å². The van der Waals surface area contributed by atoms with Gasteiger partial charge >= 0.3 is 0 Å². The fourth-order valence-electron chi connectivity index (χ4n) is 2.59. The van der Waals surface area contributed by atoms with E-state index in [0.717, 1.165) is 44.1 Å². The molecule has 0 saturated carbocycles. The summed E-state index contributed by atoms with van der Waals surface area (Å²) in [4.78, 5) is 0. The smallest absolute Gasteiger partial charge is 0.254 e. The number of benzene rings is 1. The lowest BCUT2D eigenvalue weighted by atomic mass is 10.1. The molecular formula is C22H38O3Si. The molecule has 0 fully saturated rings. The summed E-state index contributed by atoms with van der Waals surface area (Å²) in [5, 5.41) is 1.29. The van der Waals surface area contributed by atoms with Crippen molar-refractivity contribution >= 4 is 20.3 Å². The highest BCUT2D eigenvalue weighted by atomic mass is 28.2. The first-order valence-corrected chi connectivity index (χ1v) is 11.6. The lowest BCUT2D eigenvalue weighted by Crippen LogP contribution is -2.50. The van der Waals surface area contributed by atoms with E-state index in [4.69, 9.17) is 14.2 Å². The molecule has 0 saturated heterocycles. The van der Waals surface area contributed by atoms with E-state index in [2.05, 4.69) is 51.6 Å². The van der Waals surface area contributed by atoms with Crippen LogP contribution in [0.2, 0.25) is 0 Å². The molecule has 0 atom stereocenters. The lowest BCUT2D eigenvalue weighted by Gasteiger charge is -2.34. The van der Waals surface area contributed by atoms with Gasteiger partial charge < -0.3 is 14.2 Å². The minimum atomic E-state index is -0.949. The van der Waals surface area contributed by atoms with Crippen LogP contribution in [-0.2, 0) is 14.2 Å². The second-order valence-electron chi connectivity index (χ2n) is 6.95. The molecule has 0 bridgehead atoms. The van der Waals surface area contributed by atoms with Crippen molar-refractivity contribution in [1.82, 2.24) is 0 Å². The van der Waals surface area contributed by atoms with Crippen LogP contribution in [0.1, 0.15) is 71.8 Å². The van der Waals surface area contributed by atoms with Crippen LogP contribution in [0.5, 0.6) is 0 Å². The summed E-state index contributed by atoms with van der Waals surface area (Å²) in [6.45, 7) is 14.7. The van der Waals surface area contributed by atoms with Crippen LogP contribution in [0, 0.1) is 0 Å². The largest absolute Gasteiger partial charge is 0.332 e. The van der Waals surface area contributed by atoms with E-state index in [-0.39, 0.29) is 0 Å². The van der Waals surface area contributed by atoms with Crippen LogP contribution in [0.3, 0.4) is 0 Å². The molecule has 0 radical (unpaired) electrons. The van der Waals surface area contributed by atoms with E-state index >= 15 is 0 Å². The van der Waals surface area contributed by atoms with Crippen molar-refractivity contribution in [3.63, 3.8) is 0 Å². The average Bonchev–Trinajstić information content (AvgIpc) is 2.62. The Hall–Kier alpha value is -0.943. The monoisotopic (exact) mass is 378 g/mol. The molecule has 0 amide bonds. The summed E-state index contributed by atoms with van der Waals surface area (Å²) in [5.74, 6) is 0. The quantitative estimate of drug-likeness (QED) is 0.254. The summed E-state index contributed by atoms with van der Waals surface area (Å²) in [6, 6.07) is 8.60. The molecular weight excluding hydrogens is 340 g/mol. The standard InChI is InChI=1S/C22H38O3Si/c1-6-9-15-23-22(24-16-10-7-2,25-17-11-8-3)26-21-14-12-13-20(18-21)19(4)5/h12-14,18H,4,6-11,15-17,26H2,1-3,5H3. The van der Waals surface area contributed by atoms with Gasteiger partial charge in [-0.25, -0.2) is 0 Å². The van der Waals surface area contributed by atoms with Gasteiger partial charge in [0, 0.05) is 0 Å². The molecule has 0 unspecified atom stereocenters. The van der Waals surface area contributed by atoms with Gasteiger partial charge in [-0.05, 0) is 31.7 Å². The third kappa shape index (κ3) is 8.63. The summed E-state index contributed by atoms with van der Waals surface area (Å²) >= 11 is 0. The number of allylic oxidation sites excluding steroid dienone is 1. The van der Waals surface area contributed by atoms with Crippen LogP contribution in [-0.4, -0.2) is 34.9 Å². The van der Waals surface area contributed by atoms with Crippen molar-refractivity contribution in [2.75, 3.05) is 19.8 Å². The van der Waals surface area contributed by atoms with Gasteiger partial charge in [0.2, 0.25) is 0 Å². The highest BCUT2D eigenvalue weighted by molar-refractivity contribution is 6.55. The van der Waals surface area contributed by atoms with Crippen molar-refractivity contribution in [3.05, 3.63) is 36.4 Å². The zero-order chi connectivity index (χ0) is 19.3. The van der Waals surface area contributed by atoms with Crippen molar-refractivity contribution in [1.29, 1.82) is 0 Å². The Labute approximate surface area is 162 Å². The van der Waals surface area contributed by atoms with Gasteiger partial charge in [0.15, 0.2) is 9.52 Å². The molecule has 4 heteroatoms. The lowest BCUT2D eigenvalue weighted by molar-refractivity contribution is -0.327. The molecule has 0 aromatic heterocycles. The Kier molecular flexibility index (Phi) is 11.8. The average molecular weight is 379 g/mol. The van der Waals surface area contributed by atoms with Crippen molar-refractivity contribution < 1.29 is 14.2 Å². The molecule has 148 valence electrons. The number of hydrogen-bond donors (Lipinski definition) is 0. The molecule has 0 aliphatic carbocycles. The van der Waals surface area contributed by atoms with Gasteiger partial charge in [-0.1, -0.05) is 81.6 Å². The normalized spacial score (nSPS) is 12.2. The second kappa shape index (κ2) is 13.3. The summed E-state index contributed by atoms with van der Waals surface area (Å²) in [6.07, 6.45) is 6.38. The summed E-state index contributed by atoms with van der Waals surface area (Å²) < 4.78 is 18.8. The molecule has 3 nitrogen and oxygen atoms in total. The van der Waals surface area contributed by atoms with Gasteiger partial charge in [0.25, 0.3) is 5.60 Å². The van der Waals surface area contributed by atoms with Gasteiger partial charge in [-0.2, -0.15) is 0 Å². The van der Waals surface area contributed by atoms with Crippen LogP contribution in [0.4, 0.5) is 0 Å². The SMILES string of the molecule is C=C(C)c1cccc([SiH2]C(OCCCC)(OCCCC)OCCCC)c1. The topological polar surface area (TPSA) is 27.7 Å². The van der Waals surface area contributed by atoms with E-state index in [1.165, 1.54) is 10.8 Å². The Morgan fingerprint density at radius 2 is 1.42 bits per heavy atom. The van der Waals surface area contributed by atoms with Crippen LogP contribution in [0.25, 0.3) is 5.57 Å². The third-order valence-corrected chi connectivity index (χ3v) is 6.19. The maximum absolute atomic E-state index is 6.26. The Morgan fingerprint density at radius 3 is 1.85 bits per heavy atom. The van der Waals surface area contributed by atoms with Gasteiger partial charge in [-0.15, -0.1) is 0 Å². The molecule has 0 spiro atoms. The number of rotatable bonds is 15. The predicted octanol–water partition coefficient (Wildman–Crippen LogP) is 4.58. The van der Waals surface area contributed by atoms with Crippen LogP contribution in [0.15, 0.2) is 30.8 Å². The molecule has 0 heterocycles. The molecule has 1 aromatic rings. The summed E-state index contributed by atoms with van der Waals surface area (Å²) in [7, 11) is -0.949.